The Kier molecular flexibility index (Phi) is 4.47. The minimum absolute atomic E-state index is 0.0511. The van der Waals surface area contributed by atoms with Crippen LogP contribution in [0.5, 0.6) is 11.5 Å². The van der Waals surface area contributed by atoms with E-state index in [1.54, 1.807) is 25.3 Å². The van der Waals surface area contributed by atoms with Crippen molar-refractivity contribution in [3.63, 3.8) is 0 Å². The third-order valence-corrected chi connectivity index (χ3v) is 3.04. The van der Waals surface area contributed by atoms with Crippen LogP contribution in [0.1, 0.15) is 5.56 Å². The maximum Gasteiger partial charge on any atom is 0.183 e. The number of hydrogen-bond donors (Lipinski definition) is 2. The Balaban J connectivity index is 2.19. The fraction of sp³-hybridized carbons (Fsp3) is 0.200. The SMILES string of the molecule is COc1ccc(CNc2c(N)ccc(F)c2F)cc1OC. The molecule has 0 fully saturated rings. The number of halogens is 2. The van der Waals surface area contributed by atoms with Gasteiger partial charge in [-0.25, -0.2) is 8.78 Å². The molecule has 2 rings (SSSR count). The smallest absolute Gasteiger partial charge is 0.183 e. The third-order valence-electron chi connectivity index (χ3n) is 3.04. The van der Waals surface area contributed by atoms with Crippen molar-refractivity contribution in [3.8, 4) is 11.5 Å². The predicted octanol–water partition coefficient (Wildman–Crippen LogP) is 3.18. The van der Waals surface area contributed by atoms with E-state index in [0.717, 1.165) is 11.6 Å². The highest BCUT2D eigenvalue weighted by atomic mass is 19.2. The number of ether oxygens (including phenoxy) is 2. The number of nitrogens with one attached hydrogen (secondary N) is 1. The van der Waals surface area contributed by atoms with Gasteiger partial charge in [0.05, 0.1) is 25.6 Å². The van der Waals surface area contributed by atoms with Crippen LogP contribution in [-0.2, 0) is 6.54 Å². The Morgan fingerprint density at radius 3 is 2.43 bits per heavy atom. The zero-order valence-corrected chi connectivity index (χ0v) is 11.7. The van der Waals surface area contributed by atoms with E-state index in [1.165, 1.54) is 13.2 Å². The van der Waals surface area contributed by atoms with Crippen molar-refractivity contribution in [1.82, 2.24) is 0 Å². The molecule has 2 aromatic carbocycles. The Hall–Kier alpha value is -2.50. The first-order valence-electron chi connectivity index (χ1n) is 6.25. The molecule has 0 saturated heterocycles. The van der Waals surface area contributed by atoms with E-state index in [-0.39, 0.29) is 17.9 Å². The molecule has 0 heterocycles. The van der Waals surface area contributed by atoms with Gasteiger partial charge in [0.2, 0.25) is 0 Å². The number of methoxy groups -OCH3 is 2. The van der Waals surface area contributed by atoms with Crippen LogP contribution in [0, 0.1) is 11.6 Å². The quantitative estimate of drug-likeness (QED) is 0.832. The van der Waals surface area contributed by atoms with Gasteiger partial charge in [-0.2, -0.15) is 0 Å². The summed E-state index contributed by atoms with van der Waals surface area (Å²) in [5.41, 5.74) is 6.55. The van der Waals surface area contributed by atoms with Gasteiger partial charge in [-0.05, 0) is 29.8 Å². The molecule has 112 valence electrons. The van der Waals surface area contributed by atoms with Crippen LogP contribution in [0.3, 0.4) is 0 Å². The number of rotatable bonds is 5. The second kappa shape index (κ2) is 6.30. The lowest BCUT2D eigenvalue weighted by Crippen LogP contribution is -2.06. The molecule has 0 aliphatic carbocycles. The van der Waals surface area contributed by atoms with Crippen molar-refractivity contribution in [3.05, 3.63) is 47.5 Å². The molecule has 4 nitrogen and oxygen atoms in total. The fourth-order valence-electron chi connectivity index (χ4n) is 1.93. The van der Waals surface area contributed by atoms with E-state index >= 15 is 0 Å². The maximum absolute atomic E-state index is 13.7. The van der Waals surface area contributed by atoms with Gasteiger partial charge in [0.1, 0.15) is 0 Å². The molecular weight excluding hydrogens is 278 g/mol. The van der Waals surface area contributed by atoms with Gasteiger partial charge in [0.15, 0.2) is 23.1 Å². The van der Waals surface area contributed by atoms with Crippen LogP contribution in [0.2, 0.25) is 0 Å². The molecule has 0 amide bonds. The largest absolute Gasteiger partial charge is 0.493 e. The van der Waals surface area contributed by atoms with Crippen molar-refractivity contribution < 1.29 is 18.3 Å². The molecule has 0 bridgehead atoms. The lowest BCUT2D eigenvalue weighted by molar-refractivity contribution is 0.354. The van der Waals surface area contributed by atoms with E-state index < -0.39 is 11.6 Å². The Bertz CT molecular complexity index is 648. The molecule has 0 radical (unpaired) electrons. The van der Waals surface area contributed by atoms with Crippen LogP contribution in [0.15, 0.2) is 30.3 Å². The van der Waals surface area contributed by atoms with Crippen LogP contribution < -0.4 is 20.5 Å². The van der Waals surface area contributed by atoms with Crippen LogP contribution in [0.25, 0.3) is 0 Å². The molecule has 0 aliphatic rings. The Labute approximate surface area is 121 Å². The monoisotopic (exact) mass is 294 g/mol. The highest BCUT2D eigenvalue weighted by Crippen LogP contribution is 2.29. The molecule has 0 unspecified atom stereocenters. The summed E-state index contributed by atoms with van der Waals surface area (Å²) in [4.78, 5) is 0. The maximum atomic E-state index is 13.7. The Morgan fingerprint density at radius 1 is 1.05 bits per heavy atom. The van der Waals surface area contributed by atoms with Crippen molar-refractivity contribution in [2.75, 3.05) is 25.3 Å². The summed E-state index contributed by atoms with van der Waals surface area (Å²) >= 11 is 0. The zero-order chi connectivity index (χ0) is 15.4. The van der Waals surface area contributed by atoms with Crippen molar-refractivity contribution >= 4 is 11.4 Å². The lowest BCUT2D eigenvalue weighted by atomic mass is 10.2. The first kappa shape index (κ1) is 14.9. The molecule has 0 saturated carbocycles. The van der Waals surface area contributed by atoms with Gasteiger partial charge < -0.3 is 20.5 Å². The summed E-state index contributed by atoms with van der Waals surface area (Å²) in [5.74, 6) is -0.781. The number of benzene rings is 2. The molecule has 21 heavy (non-hydrogen) atoms. The Morgan fingerprint density at radius 2 is 1.76 bits per heavy atom. The molecular formula is C15H16F2N2O2. The standard InChI is InChI=1S/C15H16F2N2O2/c1-20-12-6-3-9(7-13(12)21-2)8-19-15-11(18)5-4-10(16)14(15)17/h3-7,19H,8,18H2,1-2H3. The van der Waals surface area contributed by atoms with Gasteiger partial charge in [-0.3, -0.25) is 0 Å². The highest BCUT2D eigenvalue weighted by molar-refractivity contribution is 5.67. The first-order chi connectivity index (χ1) is 10.1. The number of hydrogen-bond acceptors (Lipinski definition) is 4. The molecule has 0 aromatic heterocycles. The van der Waals surface area contributed by atoms with Crippen LogP contribution >= 0.6 is 0 Å². The van der Waals surface area contributed by atoms with Gasteiger partial charge in [-0.15, -0.1) is 0 Å². The van der Waals surface area contributed by atoms with Gasteiger partial charge in [0.25, 0.3) is 0 Å². The van der Waals surface area contributed by atoms with E-state index in [4.69, 9.17) is 15.2 Å². The average molecular weight is 294 g/mol. The number of anilines is 2. The molecule has 6 heteroatoms. The van der Waals surface area contributed by atoms with Crippen molar-refractivity contribution in [2.45, 2.75) is 6.54 Å². The average Bonchev–Trinajstić information content (AvgIpc) is 2.50. The molecule has 0 aliphatic heterocycles. The number of nitrogen functional groups attached to an aromatic ring is 1. The molecule has 3 N–H and O–H groups in total. The third kappa shape index (κ3) is 3.16. The van der Waals surface area contributed by atoms with Crippen molar-refractivity contribution in [1.29, 1.82) is 0 Å². The summed E-state index contributed by atoms with van der Waals surface area (Å²) in [7, 11) is 3.07. The zero-order valence-electron chi connectivity index (χ0n) is 11.7. The predicted molar refractivity (Wildman–Crippen MR) is 77.6 cm³/mol. The lowest BCUT2D eigenvalue weighted by Gasteiger charge is -2.13. The summed E-state index contributed by atoms with van der Waals surface area (Å²) in [6.45, 7) is 0.269. The van der Waals surface area contributed by atoms with Gasteiger partial charge in [-0.1, -0.05) is 6.07 Å². The van der Waals surface area contributed by atoms with E-state index in [0.29, 0.717) is 11.5 Å². The van der Waals surface area contributed by atoms with E-state index in [9.17, 15) is 8.78 Å². The van der Waals surface area contributed by atoms with E-state index in [2.05, 4.69) is 5.32 Å². The minimum Gasteiger partial charge on any atom is -0.493 e. The number of nitrogens with two attached hydrogens (primary N) is 1. The topological polar surface area (TPSA) is 56.5 Å². The summed E-state index contributed by atoms with van der Waals surface area (Å²) < 4.78 is 37.2. The summed E-state index contributed by atoms with van der Waals surface area (Å²) in [6, 6.07) is 7.59. The molecule has 2 aromatic rings. The van der Waals surface area contributed by atoms with Crippen LogP contribution in [0.4, 0.5) is 20.2 Å². The summed E-state index contributed by atoms with van der Waals surface area (Å²) in [6.07, 6.45) is 0. The van der Waals surface area contributed by atoms with Crippen LogP contribution in [-0.4, -0.2) is 14.2 Å². The molecule has 0 spiro atoms. The minimum atomic E-state index is -0.990. The highest BCUT2D eigenvalue weighted by Gasteiger charge is 2.12. The summed E-state index contributed by atoms with van der Waals surface area (Å²) in [5, 5.41) is 2.79. The fourth-order valence-corrected chi connectivity index (χ4v) is 1.93. The second-order valence-corrected chi connectivity index (χ2v) is 4.37. The first-order valence-corrected chi connectivity index (χ1v) is 6.25. The van der Waals surface area contributed by atoms with E-state index in [1.807, 2.05) is 0 Å². The van der Waals surface area contributed by atoms with Gasteiger partial charge in [0, 0.05) is 6.54 Å². The van der Waals surface area contributed by atoms with Crippen molar-refractivity contribution in [2.24, 2.45) is 0 Å². The second-order valence-electron chi connectivity index (χ2n) is 4.37. The molecule has 0 atom stereocenters. The van der Waals surface area contributed by atoms with Gasteiger partial charge >= 0.3 is 0 Å². The normalized spacial score (nSPS) is 10.3.